The van der Waals surface area contributed by atoms with E-state index in [1.165, 1.54) is 0 Å². The second kappa shape index (κ2) is 5.72. The fourth-order valence-corrected chi connectivity index (χ4v) is 5.07. The van der Waals surface area contributed by atoms with Crippen molar-refractivity contribution in [1.82, 2.24) is 4.90 Å². The molecule has 1 heterocycles. The molecule has 0 saturated carbocycles. The highest BCUT2D eigenvalue weighted by Gasteiger charge is 2.31. The highest BCUT2D eigenvalue weighted by Crippen LogP contribution is 2.21. The molecule has 1 unspecified atom stereocenters. The number of hydrogen-bond acceptors (Lipinski definition) is 4. The summed E-state index contributed by atoms with van der Waals surface area (Å²) in [5.74, 6) is 2.02. The van der Waals surface area contributed by atoms with E-state index >= 15 is 0 Å². The van der Waals surface area contributed by atoms with Crippen LogP contribution in [0.4, 0.5) is 0 Å². The van der Waals surface area contributed by atoms with Crippen LogP contribution < -0.4 is 0 Å². The van der Waals surface area contributed by atoms with Gasteiger partial charge in [-0.2, -0.15) is 11.8 Å². The van der Waals surface area contributed by atoms with E-state index in [0.29, 0.717) is 0 Å². The van der Waals surface area contributed by atoms with E-state index in [-0.39, 0.29) is 11.1 Å². The Morgan fingerprint density at radius 1 is 1.57 bits per heavy atom. The Morgan fingerprint density at radius 3 is 2.86 bits per heavy atom. The molecule has 1 atom stereocenters. The van der Waals surface area contributed by atoms with Crippen molar-refractivity contribution in [2.45, 2.75) is 12.3 Å². The summed E-state index contributed by atoms with van der Waals surface area (Å²) in [5, 5.41) is 0.580. The smallest absolute Gasteiger partial charge is 0.166 e. The summed E-state index contributed by atoms with van der Waals surface area (Å²) in [6, 6.07) is 0. The summed E-state index contributed by atoms with van der Waals surface area (Å²) in [6.07, 6.45) is 0. The van der Waals surface area contributed by atoms with Crippen LogP contribution in [0, 0.1) is 0 Å². The summed E-state index contributed by atoms with van der Waals surface area (Å²) in [4.78, 5) is 2.07. The molecule has 1 fully saturated rings. The molecule has 1 aliphatic heterocycles. The van der Waals surface area contributed by atoms with Crippen LogP contribution >= 0.6 is 27.7 Å². The summed E-state index contributed by atoms with van der Waals surface area (Å²) in [5.41, 5.74) is 0. The van der Waals surface area contributed by atoms with Gasteiger partial charge in [0.05, 0.1) is 0 Å². The number of hydrogen-bond donors (Lipinski definition) is 0. The maximum atomic E-state index is 11.8. The fourth-order valence-electron chi connectivity index (χ4n) is 1.50. The molecule has 84 valence electrons. The van der Waals surface area contributed by atoms with Crippen molar-refractivity contribution < 1.29 is 8.42 Å². The van der Waals surface area contributed by atoms with Crippen LogP contribution in [0.15, 0.2) is 0 Å². The SMILES string of the molecule is CCS(=O)(=O)C1CSCCN1CCBr. The molecular formula is C8H16BrNO2S2. The minimum Gasteiger partial charge on any atom is -0.285 e. The lowest BCUT2D eigenvalue weighted by molar-refractivity contribution is 0.287. The molecule has 0 aromatic rings. The van der Waals surface area contributed by atoms with Crippen LogP contribution in [0.2, 0.25) is 0 Å². The summed E-state index contributed by atoms with van der Waals surface area (Å²) in [7, 11) is -2.91. The topological polar surface area (TPSA) is 37.4 Å². The molecule has 0 aromatic carbocycles. The zero-order valence-corrected chi connectivity index (χ0v) is 11.5. The first-order valence-corrected chi connectivity index (χ1v) is 8.70. The minimum absolute atomic E-state index is 0.247. The van der Waals surface area contributed by atoms with Crippen LogP contribution in [0.5, 0.6) is 0 Å². The van der Waals surface area contributed by atoms with E-state index in [1.54, 1.807) is 18.7 Å². The van der Waals surface area contributed by atoms with Crippen molar-refractivity contribution in [3.8, 4) is 0 Å². The quantitative estimate of drug-likeness (QED) is 0.731. The van der Waals surface area contributed by atoms with Crippen molar-refractivity contribution in [3.63, 3.8) is 0 Å². The van der Waals surface area contributed by atoms with Crippen molar-refractivity contribution in [2.24, 2.45) is 0 Å². The van der Waals surface area contributed by atoms with Crippen LogP contribution in [-0.4, -0.2) is 54.4 Å². The predicted molar refractivity (Wildman–Crippen MR) is 65.9 cm³/mol. The fraction of sp³-hybridized carbons (Fsp3) is 1.00. The third-order valence-electron chi connectivity index (χ3n) is 2.38. The molecule has 0 N–H and O–H groups in total. The van der Waals surface area contributed by atoms with Gasteiger partial charge < -0.3 is 0 Å². The number of sulfone groups is 1. The number of nitrogens with zero attached hydrogens (tertiary/aromatic N) is 1. The zero-order chi connectivity index (χ0) is 10.6. The average Bonchev–Trinajstić information content (AvgIpc) is 2.19. The summed E-state index contributed by atoms with van der Waals surface area (Å²) < 4.78 is 23.5. The van der Waals surface area contributed by atoms with Crippen molar-refractivity contribution >= 4 is 37.5 Å². The first-order chi connectivity index (χ1) is 6.61. The largest absolute Gasteiger partial charge is 0.285 e. The number of thioether (sulfide) groups is 1. The Labute approximate surface area is 98.7 Å². The first-order valence-electron chi connectivity index (χ1n) is 4.71. The van der Waals surface area contributed by atoms with Crippen molar-refractivity contribution in [3.05, 3.63) is 0 Å². The van der Waals surface area contributed by atoms with Gasteiger partial charge in [-0.05, 0) is 0 Å². The average molecular weight is 302 g/mol. The van der Waals surface area contributed by atoms with Gasteiger partial charge >= 0.3 is 0 Å². The lowest BCUT2D eigenvalue weighted by Gasteiger charge is -2.34. The van der Waals surface area contributed by atoms with Gasteiger partial charge in [0.2, 0.25) is 0 Å². The Morgan fingerprint density at radius 2 is 2.29 bits per heavy atom. The predicted octanol–water partition coefficient (Wildman–Crippen LogP) is 1.19. The summed E-state index contributed by atoms with van der Waals surface area (Å²) >= 11 is 5.10. The van der Waals surface area contributed by atoms with Crippen LogP contribution in [0.1, 0.15) is 6.92 Å². The third-order valence-corrected chi connectivity index (χ3v) is 6.07. The van der Waals surface area contributed by atoms with Gasteiger partial charge in [0.25, 0.3) is 0 Å². The highest BCUT2D eigenvalue weighted by molar-refractivity contribution is 9.09. The van der Waals surface area contributed by atoms with E-state index in [0.717, 1.165) is 29.9 Å². The van der Waals surface area contributed by atoms with E-state index in [1.807, 2.05) is 0 Å². The molecule has 1 aliphatic rings. The minimum atomic E-state index is -2.91. The van der Waals surface area contributed by atoms with Crippen LogP contribution in [0.25, 0.3) is 0 Å². The Bertz CT molecular complexity index is 267. The normalized spacial score (nSPS) is 25.1. The van der Waals surface area contributed by atoms with Gasteiger partial charge in [-0.3, -0.25) is 4.90 Å². The van der Waals surface area contributed by atoms with Crippen LogP contribution in [-0.2, 0) is 9.84 Å². The van der Waals surface area contributed by atoms with Gasteiger partial charge in [-0.15, -0.1) is 0 Å². The molecule has 14 heavy (non-hydrogen) atoms. The van der Waals surface area contributed by atoms with Crippen molar-refractivity contribution in [2.75, 3.05) is 35.7 Å². The number of rotatable bonds is 4. The molecule has 0 aliphatic carbocycles. The van der Waals surface area contributed by atoms with E-state index in [9.17, 15) is 8.42 Å². The molecule has 0 bridgehead atoms. The lowest BCUT2D eigenvalue weighted by atomic mass is 10.5. The van der Waals surface area contributed by atoms with Gasteiger partial charge in [-0.1, -0.05) is 22.9 Å². The highest BCUT2D eigenvalue weighted by atomic mass is 79.9. The molecular weight excluding hydrogens is 286 g/mol. The maximum Gasteiger partial charge on any atom is 0.166 e. The van der Waals surface area contributed by atoms with Gasteiger partial charge in [0.1, 0.15) is 5.37 Å². The molecule has 6 heteroatoms. The van der Waals surface area contributed by atoms with Gasteiger partial charge in [0, 0.05) is 35.7 Å². The lowest BCUT2D eigenvalue weighted by Crippen LogP contribution is -2.48. The number of alkyl halides is 1. The standard InChI is InChI=1S/C8H16BrNO2S2/c1-2-14(11,12)8-7-13-6-5-10(8)4-3-9/h8H,2-7H2,1H3. The Balaban J connectivity index is 2.72. The monoisotopic (exact) mass is 301 g/mol. The molecule has 3 nitrogen and oxygen atoms in total. The molecule has 1 saturated heterocycles. The molecule has 0 aromatic heterocycles. The second-order valence-corrected chi connectivity index (χ2v) is 7.60. The maximum absolute atomic E-state index is 11.8. The van der Waals surface area contributed by atoms with Crippen LogP contribution in [0.3, 0.4) is 0 Å². The van der Waals surface area contributed by atoms with E-state index in [2.05, 4.69) is 20.8 Å². The molecule has 0 radical (unpaired) electrons. The van der Waals surface area contributed by atoms with Gasteiger partial charge in [-0.25, -0.2) is 8.42 Å². The third kappa shape index (κ3) is 3.12. The van der Waals surface area contributed by atoms with Gasteiger partial charge in [0.15, 0.2) is 9.84 Å². The number of halogens is 1. The van der Waals surface area contributed by atoms with E-state index in [4.69, 9.17) is 0 Å². The molecule has 0 amide bonds. The van der Waals surface area contributed by atoms with Crippen molar-refractivity contribution in [1.29, 1.82) is 0 Å². The zero-order valence-electron chi connectivity index (χ0n) is 8.28. The summed E-state index contributed by atoms with van der Waals surface area (Å²) in [6.45, 7) is 3.44. The Hall–Kier alpha value is 0.740. The second-order valence-electron chi connectivity index (χ2n) is 3.21. The first kappa shape index (κ1) is 12.8. The molecule has 1 rings (SSSR count). The Kier molecular flexibility index (Phi) is 5.24. The van der Waals surface area contributed by atoms with E-state index < -0.39 is 9.84 Å². The molecule has 0 spiro atoms.